The SMILES string of the molecule is O=C(CC1CCCCO1)Nc1ccc(Cl)cc1I. The second-order valence-electron chi connectivity index (χ2n) is 4.37. The van der Waals surface area contributed by atoms with Crippen LogP contribution in [0.5, 0.6) is 0 Å². The number of amides is 1. The second-order valence-corrected chi connectivity index (χ2v) is 5.96. The van der Waals surface area contributed by atoms with Crippen LogP contribution in [-0.2, 0) is 9.53 Å². The van der Waals surface area contributed by atoms with E-state index in [2.05, 4.69) is 27.9 Å². The third kappa shape index (κ3) is 4.10. The Balaban J connectivity index is 1.90. The van der Waals surface area contributed by atoms with Crippen LogP contribution in [0.2, 0.25) is 5.02 Å². The van der Waals surface area contributed by atoms with E-state index in [0.29, 0.717) is 11.4 Å². The van der Waals surface area contributed by atoms with E-state index in [4.69, 9.17) is 16.3 Å². The quantitative estimate of drug-likeness (QED) is 0.810. The van der Waals surface area contributed by atoms with E-state index < -0.39 is 0 Å². The summed E-state index contributed by atoms with van der Waals surface area (Å²) in [5, 5.41) is 3.57. The highest BCUT2D eigenvalue weighted by Gasteiger charge is 2.18. The van der Waals surface area contributed by atoms with Crippen LogP contribution in [0, 0.1) is 3.57 Å². The number of nitrogens with one attached hydrogen (secondary N) is 1. The van der Waals surface area contributed by atoms with Gasteiger partial charge in [0.15, 0.2) is 0 Å². The van der Waals surface area contributed by atoms with E-state index in [-0.39, 0.29) is 12.0 Å². The molecule has 18 heavy (non-hydrogen) atoms. The molecule has 0 saturated carbocycles. The highest BCUT2D eigenvalue weighted by Crippen LogP contribution is 2.23. The Bertz CT molecular complexity index is 433. The summed E-state index contributed by atoms with van der Waals surface area (Å²) in [7, 11) is 0. The molecule has 1 aromatic rings. The van der Waals surface area contributed by atoms with Crippen LogP contribution in [0.15, 0.2) is 18.2 Å². The third-order valence-electron chi connectivity index (χ3n) is 2.89. The van der Waals surface area contributed by atoms with Gasteiger partial charge < -0.3 is 10.1 Å². The minimum Gasteiger partial charge on any atom is -0.378 e. The lowest BCUT2D eigenvalue weighted by Gasteiger charge is -2.22. The lowest BCUT2D eigenvalue weighted by molar-refractivity contribution is -0.119. The molecule has 0 bridgehead atoms. The average Bonchev–Trinajstić information content (AvgIpc) is 2.34. The van der Waals surface area contributed by atoms with Crippen molar-refractivity contribution in [3.8, 4) is 0 Å². The molecule has 1 saturated heterocycles. The van der Waals surface area contributed by atoms with Crippen LogP contribution in [-0.4, -0.2) is 18.6 Å². The van der Waals surface area contributed by atoms with Crippen molar-refractivity contribution < 1.29 is 9.53 Å². The Morgan fingerprint density at radius 2 is 2.33 bits per heavy atom. The zero-order valence-electron chi connectivity index (χ0n) is 9.92. The molecule has 1 amide bonds. The van der Waals surface area contributed by atoms with Gasteiger partial charge in [0.2, 0.25) is 5.91 Å². The summed E-state index contributed by atoms with van der Waals surface area (Å²) in [6.07, 6.45) is 3.73. The van der Waals surface area contributed by atoms with E-state index in [0.717, 1.165) is 35.1 Å². The second kappa shape index (κ2) is 6.73. The van der Waals surface area contributed by atoms with Crippen LogP contribution in [0.3, 0.4) is 0 Å². The van der Waals surface area contributed by atoms with Crippen LogP contribution < -0.4 is 5.32 Å². The van der Waals surface area contributed by atoms with Gasteiger partial charge in [0.05, 0.1) is 18.2 Å². The molecule has 2 rings (SSSR count). The number of halogens is 2. The van der Waals surface area contributed by atoms with Crippen molar-refractivity contribution >= 4 is 45.8 Å². The van der Waals surface area contributed by atoms with Gasteiger partial charge in [0, 0.05) is 15.2 Å². The maximum Gasteiger partial charge on any atom is 0.227 e. The highest BCUT2D eigenvalue weighted by atomic mass is 127. The van der Waals surface area contributed by atoms with Gasteiger partial charge in [-0.2, -0.15) is 0 Å². The minimum absolute atomic E-state index is 0.00198. The van der Waals surface area contributed by atoms with Crippen LogP contribution in [0.4, 0.5) is 5.69 Å². The van der Waals surface area contributed by atoms with E-state index in [1.165, 1.54) is 0 Å². The lowest BCUT2D eigenvalue weighted by atomic mass is 10.1. The summed E-state index contributed by atoms with van der Waals surface area (Å²) in [6, 6.07) is 5.43. The van der Waals surface area contributed by atoms with Crippen LogP contribution in [0.1, 0.15) is 25.7 Å². The lowest BCUT2D eigenvalue weighted by Crippen LogP contribution is -2.25. The number of benzene rings is 1. The first-order chi connectivity index (χ1) is 8.65. The molecule has 0 radical (unpaired) electrons. The van der Waals surface area contributed by atoms with Gasteiger partial charge in [-0.15, -0.1) is 0 Å². The normalized spacial score (nSPS) is 19.6. The molecular weight excluding hydrogens is 365 g/mol. The summed E-state index contributed by atoms with van der Waals surface area (Å²) in [5.41, 5.74) is 0.806. The van der Waals surface area contributed by atoms with Gasteiger partial charge in [-0.1, -0.05) is 11.6 Å². The number of rotatable bonds is 3. The molecule has 0 aliphatic carbocycles. The number of anilines is 1. The average molecular weight is 380 g/mol. The number of carbonyl (C=O) groups is 1. The maximum absolute atomic E-state index is 11.9. The standard InChI is InChI=1S/C13H15ClINO2/c14-9-4-5-12(11(15)7-9)16-13(17)8-10-3-1-2-6-18-10/h4-5,7,10H,1-3,6,8H2,(H,16,17). The van der Waals surface area contributed by atoms with Gasteiger partial charge in [-0.25, -0.2) is 0 Å². The molecule has 1 heterocycles. The molecule has 98 valence electrons. The first-order valence-electron chi connectivity index (χ1n) is 6.01. The van der Waals surface area contributed by atoms with Crippen molar-refractivity contribution in [3.63, 3.8) is 0 Å². The number of carbonyl (C=O) groups excluding carboxylic acids is 1. The fourth-order valence-corrected chi connectivity index (χ4v) is 2.97. The summed E-state index contributed by atoms with van der Waals surface area (Å²) < 4.78 is 6.49. The number of hydrogen-bond acceptors (Lipinski definition) is 2. The van der Waals surface area contributed by atoms with Crippen molar-refractivity contribution in [1.82, 2.24) is 0 Å². The van der Waals surface area contributed by atoms with Gasteiger partial charge in [-0.05, 0) is 60.1 Å². The van der Waals surface area contributed by atoms with Crippen molar-refractivity contribution in [3.05, 3.63) is 26.8 Å². The predicted octanol–water partition coefficient (Wildman–Crippen LogP) is 3.84. The molecule has 5 heteroatoms. The summed E-state index contributed by atoms with van der Waals surface area (Å²) in [6.45, 7) is 0.774. The summed E-state index contributed by atoms with van der Waals surface area (Å²) in [5.74, 6) is 0.00198. The molecule has 0 aromatic heterocycles. The van der Waals surface area contributed by atoms with Gasteiger partial charge >= 0.3 is 0 Å². The van der Waals surface area contributed by atoms with Crippen LogP contribution >= 0.6 is 34.2 Å². The topological polar surface area (TPSA) is 38.3 Å². The zero-order chi connectivity index (χ0) is 13.0. The fraction of sp³-hybridized carbons (Fsp3) is 0.462. The molecule has 1 fully saturated rings. The third-order valence-corrected chi connectivity index (χ3v) is 4.02. The molecule has 1 aliphatic rings. The molecule has 1 N–H and O–H groups in total. The van der Waals surface area contributed by atoms with E-state index in [1.54, 1.807) is 6.07 Å². The largest absolute Gasteiger partial charge is 0.378 e. The Hall–Kier alpha value is -0.330. The fourth-order valence-electron chi connectivity index (χ4n) is 1.97. The van der Waals surface area contributed by atoms with Crippen molar-refractivity contribution in [1.29, 1.82) is 0 Å². The first-order valence-corrected chi connectivity index (χ1v) is 7.47. The Morgan fingerprint density at radius 3 is 3.00 bits per heavy atom. The Kier molecular flexibility index (Phi) is 5.26. The van der Waals surface area contributed by atoms with Crippen LogP contribution in [0.25, 0.3) is 0 Å². The summed E-state index contributed by atoms with van der Waals surface area (Å²) in [4.78, 5) is 11.9. The first kappa shape index (κ1) is 14.1. The molecule has 3 nitrogen and oxygen atoms in total. The van der Waals surface area contributed by atoms with E-state index in [1.807, 2.05) is 12.1 Å². The van der Waals surface area contributed by atoms with Gasteiger partial charge in [-0.3, -0.25) is 4.79 Å². The Morgan fingerprint density at radius 1 is 1.50 bits per heavy atom. The molecular formula is C13H15ClINO2. The van der Waals surface area contributed by atoms with Crippen molar-refractivity contribution in [2.24, 2.45) is 0 Å². The smallest absolute Gasteiger partial charge is 0.227 e. The van der Waals surface area contributed by atoms with E-state index in [9.17, 15) is 4.79 Å². The minimum atomic E-state index is 0.00198. The monoisotopic (exact) mass is 379 g/mol. The molecule has 1 atom stereocenters. The molecule has 1 unspecified atom stereocenters. The molecule has 1 aliphatic heterocycles. The van der Waals surface area contributed by atoms with Crippen molar-refractivity contribution in [2.45, 2.75) is 31.8 Å². The van der Waals surface area contributed by atoms with Gasteiger partial charge in [0.25, 0.3) is 0 Å². The summed E-state index contributed by atoms with van der Waals surface area (Å²) >= 11 is 8.03. The van der Waals surface area contributed by atoms with E-state index >= 15 is 0 Å². The zero-order valence-corrected chi connectivity index (χ0v) is 12.8. The number of hydrogen-bond donors (Lipinski definition) is 1. The highest BCUT2D eigenvalue weighted by molar-refractivity contribution is 14.1. The predicted molar refractivity (Wildman–Crippen MR) is 81.0 cm³/mol. The van der Waals surface area contributed by atoms with Crippen molar-refractivity contribution in [2.75, 3.05) is 11.9 Å². The maximum atomic E-state index is 11.9. The molecule has 1 aromatic carbocycles. The molecule has 0 spiro atoms. The number of ether oxygens (including phenoxy) is 1. The van der Waals surface area contributed by atoms with Gasteiger partial charge in [0.1, 0.15) is 0 Å². The Labute approximate surface area is 125 Å².